The predicted molar refractivity (Wildman–Crippen MR) is 130 cm³/mol. The van der Waals surface area contributed by atoms with Crippen molar-refractivity contribution in [3.63, 3.8) is 0 Å². The number of para-hydroxylation sites is 1. The van der Waals surface area contributed by atoms with Crippen LogP contribution in [0.2, 0.25) is 10.0 Å². The van der Waals surface area contributed by atoms with Crippen LogP contribution >= 0.6 is 23.2 Å². The van der Waals surface area contributed by atoms with Gasteiger partial charge in [-0.1, -0.05) is 74.5 Å². The SMILES string of the molecule is CCCCC(CC)CNC(=O)c1ccc(CN(c2c(Cl)cccc2Cl)S(C)(=O)=O)cc1. The molecule has 0 aromatic heterocycles. The van der Waals surface area contributed by atoms with Crippen molar-refractivity contribution < 1.29 is 13.2 Å². The molecule has 0 aliphatic carbocycles. The zero-order chi connectivity index (χ0) is 23.0. The first kappa shape index (κ1) is 25.5. The number of carbonyl (C=O) groups is 1. The monoisotopic (exact) mass is 484 g/mol. The van der Waals surface area contributed by atoms with Gasteiger partial charge in [-0.05, 0) is 42.2 Å². The molecule has 0 saturated carbocycles. The zero-order valence-electron chi connectivity index (χ0n) is 18.2. The molecular formula is C23H30Cl2N2O3S. The topological polar surface area (TPSA) is 66.5 Å². The van der Waals surface area contributed by atoms with E-state index in [1.54, 1.807) is 42.5 Å². The summed E-state index contributed by atoms with van der Waals surface area (Å²) in [6.07, 6.45) is 5.56. The summed E-state index contributed by atoms with van der Waals surface area (Å²) in [5.41, 5.74) is 1.50. The molecule has 1 unspecified atom stereocenters. The Labute approximate surface area is 195 Å². The predicted octanol–water partition coefficient (Wildman–Crippen LogP) is 5.91. The highest BCUT2D eigenvalue weighted by Crippen LogP contribution is 2.35. The lowest BCUT2D eigenvalue weighted by Crippen LogP contribution is -2.30. The second-order valence-electron chi connectivity index (χ2n) is 7.66. The molecule has 0 radical (unpaired) electrons. The highest BCUT2D eigenvalue weighted by molar-refractivity contribution is 7.92. The molecular weight excluding hydrogens is 455 g/mol. The van der Waals surface area contributed by atoms with E-state index in [0.29, 0.717) is 23.6 Å². The van der Waals surface area contributed by atoms with E-state index in [4.69, 9.17) is 23.2 Å². The number of amides is 1. The van der Waals surface area contributed by atoms with Crippen molar-refractivity contribution in [1.29, 1.82) is 0 Å². The lowest BCUT2D eigenvalue weighted by Gasteiger charge is -2.24. The molecule has 0 aliphatic rings. The average molecular weight is 485 g/mol. The molecule has 1 N–H and O–H groups in total. The van der Waals surface area contributed by atoms with Crippen LogP contribution in [0.4, 0.5) is 5.69 Å². The first-order valence-electron chi connectivity index (χ1n) is 10.5. The van der Waals surface area contributed by atoms with Crippen LogP contribution in [-0.4, -0.2) is 27.1 Å². The summed E-state index contributed by atoms with van der Waals surface area (Å²) in [6, 6.07) is 11.7. The molecule has 170 valence electrons. The molecule has 0 saturated heterocycles. The third-order valence-corrected chi connectivity index (χ3v) is 6.95. The average Bonchev–Trinajstić information content (AvgIpc) is 2.72. The quantitative estimate of drug-likeness (QED) is 0.431. The molecule has 5 nitrogen and oxygen atoms in total. The van der Waals surface area contributed by atoms with Gasteiger partial charge in [-0.3, -0.25) is 9.10 Å². The summed E-state index contributed by atoms with van der Waals surface area (Å²) >= 11 is 12.4. The standard InChI is InChI=1S/C23H30Cl2N2O3S/c1-4-6-8-17(5-2)15-26-23(28)19-13-11-18(12-14-19)16-27(31(3,29)30)22-20(24)9-7-10-21(22)25/h7,9-14,17H,4-6,8,15-16H2,1-3H3,(H,26,28). The molecule has 1 atom stereocenters. The number of hydrogen-bond donors (Lipinski definition) is 1. The summed E-state index contributed by atoms with van der Waals surface area (Å²) < 4.78 is 26.0. The molecule has 31 heavy (non-hydrogen) atoms. The minimum absolute atomic E-state index is 0.0547. The van der Waals surface area contributed by atoms with Gasteiger partial charge in [0.05, 0.1) is 28.5 Å². The molecule has 0 aliphatic heterocycles. The van der Waals surface area contributed by atoms with Crippen molar-refractivity contribution in [2.24, 2.45) is 5.92 Å². The van der Waals surface area contributed by atoms with Crippen molar-refractivity contribution in [2.75, 3.05) is 17.1 Å². The van der Waals surface area contributed by atoms with E-state index in [2.05, 4.69) is 19.2 Å². The molecule has 2 rings (SSSR count). The number of halogens is 2. The molecule has 8 heteroatoms. The molecule has 0 spiro atoms. The Morgan fingerprint density at radius 1 is 1.06 bits per heavy atom. The van der Waals surface area contributed by atoms with Crippen LogP contribution in [0.5, 0.6) is 0 Å². The number of benzene rings is 2. The van der Waals surface area contributed by atoms with Gasteiger partial charge in [-0.15, -0.1) is 0 Å². The van der Waals surface area contributed by atoms with Crippen molar-refractivity contribution in [1.82, 2.24) is 5.32 Å². The van der Waals surface area contributed by atoms with Gasteiger partial charge in [-0.25, -0.2) is 8.42 Å². The van der Waals surface area contributed by atoms with Crippen LogP contribution in [0.1, 0.15) is 55.5 Å². The van der Waals surface area contributed by atoms with E-state index in [-0.39, 0.29) is 28.2 Å². The van der Waals surface area contributed by atoms with Gasteiger partial charge in [-0.2, -0.15) is 0 Å². The number of carbonyl (C=O) groups excluding carboxylic acids is 1. The van der Waals surface area contributed by atoms with Crippen LogP contribution in [0.3, 0.4) is 0 Å². The fourth-order valence-corrected chi connectivity index (χ4v) is 4.91. The molecule has 0 fully saturated rings. The zero-order valence-corrected chi connectivity index (χ0v) is 20.5. The smallest absolute Gasteiger partial charge is 0.251 e. The number of rotatable bonds is 11. The van der Waals surface area contributed by atoms with E-state index in [1.807, 2.05) is 0 Å². The van der Waals surface area contributed by atoms with Crippen LogP contribution in [0, 0.1) is 5.92 Å². The van der Waals surface area contributed by atoms with Crippen molar-refractivity contribution >= 4 is 44.8 Å². The summed E-state index contributed by atoms with van der Waals surface area (Å²) in [5, 5.41) is 3.51. The molecule has 2 aromatic rings. The van der Waals surface area contributed by atoms with Gasteiger partial charge in [0, 0.05) is 12.1 Å². The Hall–Kier alpha value is -1.76. The van der Waals surface area contributed by atoms with Gasteiger partial charge in [0.1, 0.15) is 0 Å². The second kappa shape index (κ2) is 11.7. The largest absolute Gasteiger partial charge is 0.352 e. The minimum Gasteiger partial charge on any atom is -0.352 e. The summed E-state index contributed by atoms with van der Waals surface area (Å²) in [7, 11) is -3.63. The maximum absolute atomic E-state index is 12.5. The van der Waals surface area contributed by atoms with Gasteiger partial charge in [0.2, 0.25) is 10.0 Å². The Morgan fingerprint density at radius 2 is 1.68 bits per heavy atom. The first-order chi connectivity index (χ1) is 14.7. The highest BCUT2D eigenvalue weighted by atomic mass is 35.5. The Morgan fingerprint density at radius 3 is 2.19 bits per heavy atom. The maximum atomic E-state index is 12.5. The van der Waals surface area contributed by atoms with Gasteiger partial charge < -0.3 is 5.32 Å². The van der Waals surface area contributed by atoms with E-state index in [1.165, 1.54) is 4.31 Å². The number of nitrogens with zero attached hydrogens (tertiary/aromatic N) is 1. The lowest BCUT2D eigenvalue weighted by molar-refractivity contribution is 0.0946. The van der Waals surface area contributed by atoms with Crippen LogP contribution in [-0.2, 0) is 16.6 Å². The van der Waals surface area contributed by atoms with Gasteiger partial charge in [0.15, 0.2) is 0 Å². The Balaban J connectivity index is 2.12. The number of hydrogen-bond acceptors (Lipinski definition) is 3. The van der Waals surface area contributed by atoms with Crippen LogP contribution in [0.15, 0.2) is 42.5 Å². The highest BCUT2D eigenvalue weighted by Gasteiger charge is 2.23. The van der Waals surface area contributed by atoms with Crippen molar-refractivity contribution in [2.45, 2.75) is 46.1 Å². The normalized spacial score (nSPS) is 12.4. The molecule has 0 heterocycles. The third kappa shape index (κ3) is 7.41. The maximum Gasteiger partial charge on any atom is 0.251 e. The number of anilines is 1. The van der Waals surface area contributed by atoms with Gasteiger partial charge >= 0.3 is 0 Å². The van der Waals surface area contributed by atoms with E-state index in [0.717, 1.165) is 31.9 Å². The first-order valence-corrected chi connectivity index (χ1v) is 13.1. The van der Waals surface area contributed by atoms with Crippen LogP contribution in [0.25, 0.3) is 0 Å². The lowest BCUT2D eigenvalue weighted by atomic mass is 9.99. The number of sulfonamides is 1. The summed E-state index contributed by atoms with van der Waals surface area (Å²) in [4.78, 5) is 12.5. The molecule has 1 amide bonds. The third-order valence-electron chi connectivity index (χ3n) is 5.22. The van der Waals surface area contributed by atoms with E-state index >= 15 is 0 Å². The molecule has 0 bridgehead atoms. The summed E-state index contributed by atoms with van der Waals surface area (Å²) in [5.74, 6) is 0.350. The van der Waals surface area contributed by atoms with Crippen molar-refractivity contribution in [3.05, 3.63) is 63.6 Å². The van der Waals surface area contributed by atoms with Crippen molar-refractivity contribution in [3.8, 4) is 0 Å². The number of unbranched alkanes of at least 4 members (excludes halogenated alkanes) is 1. The minimum atomic E-state index is -3.63. The fourth-order valence-electron chi connectivity index (χ4n) is 3.30. The summed E-state index contributed by atoms with van der Waals surface area (Å²) in [6.45, 7) is 5.01. The van der Waals surface area contributed by atoms with E-state index in [9.17, 15) is 13.2 Å². The number of nitrogens with one attached hydrogen (secondary N) is 1. The second-order valence-corrected chi connectivity index (χ2v) is 10.4. The Bertz CT molecular complexity index is 959. The van der Waals surface area contributed by atoms with Crippen LogP contribution < -0.4 is 9.62 Å². The van der Waals surface area contributed by atoms with E-state index < -0.39 is 10.0 Å². The fraction of sp³-hybridized carbons (Fsp3) is 0.435. The molecule has 2 aromatic carbocycles. The van der Waals surface area contributed by atoms with Gasteiger partial charge in [0.25, 0.3) is 5.91 Å². The Kier molecular flexibility index (Phi) is 9.66.